The van der Waals surface area contributed by atoms with Crippen molar-refractivity contribution in [3.8, 4) is 0 Å². The van der Waals surface area contributed by atoms with Crippen LogP contribution in [0, 0.1) is 0 Å². The molecule has 0 aliphatic carbocycles. The first-order valence-corrected chi connectivity index (χ1v) is 11.2. The van der Waals surface area contributed by atoms with Gasteiger partial charge < -0.3 is 9.88 Å². The van der Waals surface area contributed by atoms with Crippen molar-refractivity contribution in [2.24, 2.45) is 0 Å². The monoisotopic (exact) mass is 383 g/mol. The van der Waals surface area contributed by atoms with E-state index in [9.17, 15) is 4.79 Å². The summed E-state index contributed by atoms with van der Waals surface area (Å²) in [5.74, 6) is 0.193. The number of nitrogens with zero attached hydrogens (tertiary/aromatic N) is 2. The number of amides is 1. The van der Waals surface area contributed by atoms with Gasteiger partial charge in [-0.05, 0) is 64.5 Å². The highest BCUT2D eigenvalue weighted by atomic mass is 16.1. The summed E-state index contributed by atoms with van der Waals surface area (Å²) in [6.07, 6.45) is 9.76. The Hall–Kier alpha value is -1.81. The van der Waals surface area contributed by atoms with Crippen LogP contribution in [0.3, 0.4) is 0 Å². The summed E-state index contributed by atoms with van der Waals surface area (Å²) in [6, 6.07) is 9.94. The van der Waals surface area contributed by atoms with E-state index in [-0.39, 0.29) is 5.91 Å². The van der Waals surface area contributed by atoms with E-state index >= 15 is 0 Å². The first-order valence-electron chi connectivity index (χ1n) is 11.2. The van der Waals surface area contributed by atoms with Crippen molar-refractivity contribution in [2.75, 3.05) is 13.1 Å². The first kappa shape index (κ1) is 20.9. The van der Waals surface area contributed by atoms with Crippen LogP contribution in [-0.2, 0) is 17.8 Å². The Balaban J connectivity index is 1.37. The van der Waals surface area contributed by atoms with Crippen molar-refractivity contribution >= 4 is 16.8 Å². The lowest BCUT2D eigenvalue weighted by molar-refractivity contribution is -0.121. The third-order valence-electron chi connectivity index (χ3n) is 6.35. The summed E-state index contributed by atoms with van der Waals surface area (Å²) in [4.78, 5) is 14.8. The maximum Gasteiger partial charge on any atom is 0.220 e. The molecule has 0 bridgehead atoms. The van der Waals surface area contributed by atoms with Gasteiger partial charge in [0, 0.05) is 55.2 Å². The molecule has 0 radical (unpaired) electrons. The summed E-state index contributed by atoms with van der Waals surface area (Å²) in [5.41, 5.74) is 2.66. The number of rotatable bonds is 9. The van der Waals surface area contributed by atoms with Crippen molar-refractivity contribution < 1.29 is 4.79 Å². The normalized spacial score (nSPS) is 20.5. The smallest absolute Gasteiger partial charge is 0.220 e. The second-order valence-corrected chi connectivity index (χ2v) is 8.38. The molecule has 1 fully saturated rings. The molecule has 0 unspecified atom stereocenters. The summed E-state index contributed by atoms with van der Waals surface area (Å²) < 4.78 is 2.30. The molecule has 1 aromatic carbocycles. The average molecular weight is 384 g/mol. The van der Waals surface area contributed by atoms with E-state index in [1.807, 2.05) is 0 Å². The Morgan fingerprint density at radius 2 is 1.89 bits per heavy atom. The van der Waals surface area contributed by atoms with Gasteiger partial charge in [0.2, 0.25) is 5.91 Å². The van der Waals surface area contributed by atoms with E-state index in [1.165, 1.54) is 35.7 Å². The van der Waals surface area contributed by atoms with E-state index in [0.717, 1.165) is 38.9 Å². The van der Waals surface area contributed by atoms with Crippen LogP contribution in [0.1, 0.15) is 64.9 Å². The van der Waals surface area contributed by atoms with E-state index in [2.05, 4.69) is 66.0 Å². The largest absolute Gasteiger partial charge is 0.356 e. The lowest BCUT2D eigenvalue weighted by Gasteiger charge is -2.39. The van der Waals surface area contributed by atoms with Crippen molar-refractivity contribution in [3.63, 3.8) is 0 Å². The average Bonchev–Trinajstić information content (AvgIpc) is 3.05. The van der Waals surface area contributed by atoms with Gasteiger partial charge in [0.15, 0.2) is 0 Å². The molecule has 1 aromatic heterocycles. The van der Waals surface area contributed by atoms with Gasteiger partial charge in [0.05, 0.1) is 0 Å². The fraction of sp³-hybridized carbons (Fsp3) is 0.625. The zero-order chi connectivity index (χ0) is 19.9. The van der Waals surface area contributed by atoms with Gasteiger partial charge in [-0.2, -0.15) is 0 Å². The summed E-state index contributed by atoms with van der Waals surface area (Å²) in [6.45, 7) is 9.72. The Bertz CT molecular complexity index is 756. The molecule has 4 heteroatoms. The Kier molecular flexibility index (Phi) is 7.55. The molecule has 154 valence electrons. The minimum atomic E-state index is 0.193. The minimum absolute atomic E-state index is 0.193. The molecule has 1 N–H and O–H groups in total. The van der Waals surface area contributed by atoms with Gasteiger partial charge in [0.1, 0.15) is 0 Å². The third kappa shape index (κ3) is 5.16. The van der Waals surface area contributed by atoms with Crippen LogP contribution >= 0.6 is 0 Å². The van der Waals surface area contributed by atoms with Crippen LogP contribution < -0.4 is 5.32 Å². The summed E-state index contributed by atoms with van der Waals surface area (Å²) >= 11 is 0. The molecule has 0 saturated carbocycles. The number of para-hydroxylation sites is 1. The number of aromatic nitrogens is 1. The minimum Gasteiger partial charge on any atom is -0.356 e. The molecule has 3 rings (SSSR count). The van der Waals surface area contributed by atoms with E-state index in [1.54, 1.807) is 0 Å². The second kappa shape index (κ2) is 10.1. The lowest BCUT2D eigenvalue weighted by Crippen LogP contribution is -2.44. The van der Waals surface area contributed by atoms with E-state index < -0.39 is 0 Å². The van der Waals surface area contributed by atoms with Crippen molar-refractivity contribution in [3.05, 3.63) is 36.0 Å². The summed E-state index contributed by atoms with van der Waals surface area (Å²) in [7, 11) is 0. The van der Waals surface area contributed by atoms with Crippen LogP contribution in [0.25, 0.3) is 10.9 Å². The molecule has 2 heterocycles. The molecule has 1 aliphatic rings. The van der Waals surface area contributed by atoms with Crippen LogP contribution in [0.2, 0.25) is 0 Å². The van der Waals surface area contributed by atoms with Crippen molar-refractivity contribution in [2.45, 2.75) is 84.3 Å². The molecule has 2 atom stereocenters. The van der Waals surface area contributed by atoms with Crippen LogP contribution in [0.15, 0.2) is 30.5 Å². The zero-order valence-electron chi connectivity index (χ0n) is 17.9. The molecule has 28 heavy (non-hydrogen) atoms. The molecule has 1 aliphatic heterocycles. The highest BCUT2D eigenvalue weighted by Gasteiger charge is 2.23. The SMILES string of the molecule is CCn1cc(CCCC(=O)NCCCN2[C@@H](C)CCC[C@@H]2C)c2ccccc21. The molecule has 1 saturated heterocycles. The highest BCUT2D eigenvalue weighted by Crippen LogP contribution is 2.23. The summed E-state index contributed by atoms with van der Waals surface area (Å²) in [5, 5.41) is 4.45. The fourth-order valence-electron chi connectivity index (χ4n) is 4.72. The second-order valence-electron chi connectivity index (χ2n) is 8.38. The number of carbonyl (C=O) groups excluding carboxylic acids is 1. The van der Waals surface area contributed by atoms with Gasteiger partial charge in [-0.1, -0.05) is 24.6 Å². The standard InChI is InChI=1S/C24H37N3O/c1-4-26-18-21(22-13-5-6-14-23(22)26)12-8-15-24(28)25-16-9-17-27-19(2)10-7-11-20(27)3/h5-6,13-14,18-20H,4,7-12,15-17H2,1-3H3,(H,25,28)/t19-,20-/m0/s1. The fourth-order valence-corrected chi connectivity index (χ4v) is 4.72. The molecular weight excluding hydrogens is 346 g/mol. The van der Waals surface area contributed by atoms with Crippen LogP contribution in [-0.4, -0.2) is 40.5 Å². The number of hydrogen-bond acceptors (Lipinski definition) is 2. The van der Waals surface area contributed by atoms with Crippen molar-refractivity contribution in [1.29, 1.82) is 0 Å². The van der Waals surface area contributed by atoms with Crippen LogP contribution in [0.4, 0.5) is 0 Å². The van der Waals surface area contributed by atoms with E-state index in [4.69, 9.17) is 0 Å². The van der Waals surface area contributed by atoms with Gasteiger partial charge in [-0.15, -0.1) is 0 Å². The molecule has 0 spiro atoms. The number of aryl methyl sites for hydroxylation is 2. The molecule has 2 aromatic rings. The predicted octanol–water partition coefficient (Wildman–Crippen LogP) is 4.75. The van der Waals surface area contributed by atoms with Crippen molar-refractivity contribution in [1.82, 2.24) is 14.8 Å². The zero-order valence-corrected chi connectivity index (χ0v) is 17.9. The Morgan fingerprint density at radius 1 is 1.14 bits per heavy atom. The topological polar surface area (TPSA) is 37.3 Å². The number of piperidine rings is 1. The number of fused-ring (bicyclic) bond motifs is 1. The van der Waals surface area contributed by atoms with Gasteiger partial charge in [0.25, 0.3) is 0 Å². The quantitative estimate of drug-likeness (QED) is 0.634. The third-order valence-corrected chi connectivity index (χ3v) is 6.35. The number of benzene rings is 1. The Morgan fingerprint density at radius 3 is 2.64 bits per heavy atom. The van der Waals surface area contributed by atoms with Gasteiger partial charge in [-0.25, -0.2) is 0 Å². The molecule has 1 amide bonds. The number of carbonyl (C=O) groups is 1. The van der Waals surface area contributed by atoms with E-state index in [0.29, 0.717) is 18.5 Å². The molecule has 4 nitrogen and oxygen atoms in total. The highest BCUT2D eigenvalue weighted by molar-refractivity contribution is 5.84. The maximum absolute atomic E-state index is 12.2. The molecular formula is C24H37N3O. The maximum atomic E-state index is 12.2. The van der Waals surface area contributed by atoms with Gasteiger partial charge in [-0.3, -0.25) is 9.69 Å². The Labute approximate surface area is 170 Å². The number of nitrogens with one attached hydrogen (secondary N) is 1. The number of hydrogen-bond donors (Lipinski definition) is 1. The first-order chi connectivity index (χ1) is 13.6. The van der Waals surface area contributed by atoms with Gasteiger partial charge >= 0.3 is 0 Å². The lowest BCUT2D eigenvalue weighted by atomic mass is 9.97. The number of likely N-dealkylation sites (tertiary alicyclic amines) is 1. The van der Waals surface area contributed by atoms with Crippen LogP contribution in [0.5, 0.6) is 0 Å². The predicted molar refractivity (Wildman–Crippen MR) is 118 cm³/mol.